The van der Waals surface area contributed by atoms with Crippen molar-refractivity contribution in [3.63, 3.8) is 0 Å². The lowest BCUT2D eigenvalue weighted by atomic mass is 10.0. The number of hydrogen-bond acceptors (Lipinski definition) is 5. The first-order valence-electron chi connectivity index (χ1n) is 9.07. The Morgan fingerprint density at radius 2 is 2.08 bits per heavy atom. The number of fused-ring (bicyclic) bond motifs is 2. The van der Waals surface area contributed by atoms with Crippen molar-refractivity contribution in [2.75, 3.05) is 13.2 Å². The van der Waals surface area contributed by atoms with Crippen LogP contribution in [0.25, 0.3) is 11.4 Å². The maximum atomic E-state index is 5.61. The van der Waals surface area contributed by atoms with Crippen LogP contribution < -0.4 is 4.74 Å². The SMILES string of the molecule is c1cncc(-c2ncc3c(n2)CN(Cc2ccc4c(c2)CCO4)CC3)c1. The van der Waals surface area contributed by atoms with Crippen molar-refractivity contribution in [2.45, 2.75) is 25.9 Å². The highest BCUT2D eigenvalue weighted by Gasteiger charge is 2.20. The van der Waals surface area contributed by atoms with E-state index < -0.39 is 0 Å². The molecule has 2 aromatic heterocycles. The topological polar surface area (TPSA) is 51.1 Å². The minimum Gasteiger partial charge on any atom is -0.493 e. The van der Waals surface area contributed by atoms with Crippen LogP contribution in [0.1, 0.15) is 22.4 Å². The lowest BCUT2D eigenvalue weighted by Crippen LogP contribution is -2.31. The fourth-order valence-electron chi connectivity index (χ4n) is 3.72. The van der Waals surface area contributed by atoms with Crippen molar-refractivity contribution in [3.8, 4) is 17.1 Å². The van der Waals surface area contributed by atoms with Gasteiger partial charge in [0.25, 0.3) is 0 Å². The molecule has 0 saturated heterocycles. The summed E-state index contributed by atoms with van der Waals surface area (Å²) in [5.74, 6) is 1.81. The van der Waals surface area contributed by atoms with Crippen molar-refractivity contribution in [1.82, 2.24) is 19.9 Å². The van der Waals surface area contributed by atoms with E-state index in [0.29, 0.717) is 0 Å². The van der Waals surface area contributed by atoms with Gasteiger partial charge in [0.2, 0.25) is 0 Å². The molecule has 2 aliphatic heterocycles. The first-order chi connectivity index (χ1) is 12.8. The Labute approximate surface area is 152 Å². The lowest BCUT2D eigenvalue weighted by molar-refractivity contribution is 0.241. The third kappa shape index (κ3) is 2.95. The van der Waals surface area contributed by atoms with Gasteiger partial charge in [0.15, 0.2) is 5.82 Å². The summed E-state index contributed by atoms with van der Waals surface area (Å²) >= 11 is 0. The Hall–Kier alpha value is -2.79. The molecule has 0 unspecified atom stereocenters. The summed E-state index contributed by atoms with van der Waals surface area (Å²) in [4.78, 5) is 16.0. The smallest absolute Gasteiger partial charge is 0.160 e. The predicted octanol–water partition coefficient (Wildman–Crippen LogP) is 3.03. The molecule has 0 fully saturated rings. The molecule has 130 valence electrons. The fourth-order valence-corrected chi connectivity index (χ4v) is 3.72. The molecule has 0 spiro atoms. The van der Waals surface area contributed by atoms with Gasteiger partial charge in [-0.1, -0.05) is 12.1 Å². The first-order valence-corrected chi connectivity index (χ1v) is 9.07. The average Bonchev–Trinajstić information content (AvgIpc) is 3.16. The maximum Gasteiger partial charge on any atom is 0.160 e. The molecule has 3 aromatic rings. The minimum absolute atomic E-state index is 0.758. The second-order valence-electron chi connectivity index (χ2n) is 6.91. The third-order valence-electron chi connectivity index (χ3n) is 5.10. The lowest BCUT2D eigenvalue weighted by Gasteiger charge is -2.28. The van der Waals surface area contributed by atoms with Gasteiger partial charge in [0.1, 0.15) is 5.75 Å². The third-order valence-corrected chi connectivity index (χ3v) is 5.10. The molecule has 0 bridgehead atoms. The quantitative estimate of drug-likeness (QED) is 0.731. The average molecular weight is 344 g/mol. The molecule has 2 aliphatic rings. The van der Waals surface area contributed by atoms with E-state index >= 15 is 0 Å². The summed E-state index contributed by atoms with van der Waals surface area (Å²) in [6, 6.07) is 10.5. The van der Waals surface area contributed by atoms with Gasteiger partial charge in [0.05, 0.1) is 12.3 Å². The summed E-state index contributed by atoms with van der Waals surface area (Å²) in [7, 11) is 0. The predicted molar refractivity (Wildman–Crippen MR) is 98.7 cm³/mol. The Kier molecular flexibility index (Phi) is 3.87. The highest BCUT2D eigenvalue weighted by molar-refractivity contribution is 5.53. The Morgan fingerprint density at radius 1 is 1.08 bits per heavy atom. The van der Waals surface area contributed by atoms with E-state index in [2.05, 4.69) is 33.1 Å². The van der Waals surface area contributed by atoms with Gasteiger partial charge in [-0.25, -0.2) is 9.97 Å². The summed E-state index contributed by atoms with van der Waals surface area (Å²) in [6.07, 6.45) is 7.58. The van der Waals surface area contributed by atoms with Crippen LogP contribution in [0.4, 0.5) is 0 Å². The molecular weight excluding hydrogens is 324 g/mol. The van der Waals surface area contributed by atoms with Crippen LogP contribution in [0.15, 0.2) is 48.9 Å². The summed E-state index contributed by atoms with van der Waals surface area (Å²) in [6.45, 7) is 3.65. The molecule has 0 radical (unpaired) electrons. The second kappa shape index (κ2) is 6.50. The molecule has 0 aliphatic carbocycles. The summed E-state index contributed by atoms with van der Waals surface area (Å²) in [5, 5.41) is 0. The summed E-state index contributed by atoms with van der Waals surface area (Å²) < 4.78 is 5.61. The fraction of sp³-hybridized carbons (Fsp3) is 0.286. The van der Waals surface area contributed by atoms with Gasteiger partial charge in [-0.3, -0.25) is 9.88 Å². The van der Waals surface area contributed by atoms with Crippen molar-refractivity contribution in [2.24, 2.45) is 0 Å². The second-order valence-corrected chi connectivity index (χ2v) is 6.91. The highest BCUT2D eigenvalue weighted by atomic mass is 16.5. The Balaban J connectivity index is 1.36. The van der Waals surface area contributed by atoms with Crippen LogP contribution >= 0.6 is 0 Å². The number of benzene rings is 1. The molecule has 1 aromatic carbocycles. The first kappa shape index (κ1) is 15.5. The molecule has 4 heterocycles. The number of pyridine rings is 1. The van der Waals surface area contributed by atoms with E-state index in [1.807, 2.05) is 24.5 Å². The normalized spacial score (nSPS) is 16.0. The van der Waals surface area contributed by atoms with Gasteiger partial charge in [-0.2, -0.15) is 0 Å². The number of aromatic nitrogens is 3. The Morgan fingerprint density at radius 3 is 3.00 bits per heavy atom. The van der Waals surface area contributed by atoms with Gasteiger partial charge >= 0.3 is 0 Å². The van der Waals surface area contributed by atoms with E-state index in [0.717, 1.165) is 61.9 Å². The van der Waals surface area contributed by atoms with Crippen LogP contribution in [0.5, 0.6) is 5.75 Å². The number of ether oxygens (including phenoxy) is 1. The van der Waals surface area contributed by atoms with Gasteiger partial charge in [-0.15, -0.1) is 0 Å². The molecule has 5 heteroatoms. The molecule has 26 heavy (non-hydrogen) atoms. The molecule has 0 amide bonds. The van der Waals surface area contributed by atoms with Gasteiger partial charge in [-0.05, 0) is 41.3 Å². The highest BCUT2D eigenvalue weighted by Crippen LogP contribution is 2.27. The molecule has 5 rings (SSSR count). The van der Waals surface area contributed by atoms with E-state index in [1.165, 1.54) is 16.7 Å². The van der Waals surface area contributed by atoms with Crippen LogP contribution in [0.3, 0.4) is 0 Å². The van der Waals surface area contributed by atoms with Crippen LogP contribution in [-0.4, -0.2) is 33.0 Å². The van der Waals surface area contributed by atoms with Crippen LogP contribution in [0, 0.1) is 0 Å². The molecule has 0 saturated carbocycles. The zero-order chi connectivity index (χ0) is 17.3. The molecule has 5 nitrogen and oxygen atoms in total. The molecule has 0 atom stereocenters. The van der Waals surface area contributed by atoms with E-state index in [1.54, 1.807) is 6.20 Å². The largest absolute Gasteiger partial charge is 0.493 e. The monoisotopic (exact) mass is 344 g/mol. The number of rotatable bonds is 3. The van der Waals surface area contributed by atoms with E-state index in [4.69, 9.17) is 9.72 Å². The number of nitrogens with zero attached hydrogens (tertiary/aromatic N) is 4. The van der Waals surface area contributed by atoms with Crippen molar-refractivity contribution < 1.29 is 4.74 Å². The van der Waals surface area contributed by atoms with Crippen LogP contribution in [-0.2, 0) is 25.9 Å². The summed E-state index contributed by atoms with van der Waals surface area (Å²) in [5.41, 5.74) is 6.04. The van der Waals surface area contributed by atoms with Gasteiger partial charge < -0.3 is 4.74 Å². The molecular formula is C21H20N4O. The zero-order valence-corrected chi connectivity index (χ0v) is 14.6. The van der Waals surface area contributed by atoms with E-state index in [9.17, 15) is 0 Å². The van der Waals surface area contributed by atoms with Crippen molar-refractivity contribution in [3.05, 3.63) is 71.3 Å². The molecule has 0 N–H and O–H groups in total. The minimum atomic E-state index is 0.758. The maximum absolute atomic E-state index is 5.61. The zero-order valence-electron chi connectivity index (χ0n) is 14.6. The van der Waals surface area contributed by atoms with Crippen molar-refractivity contribution in [1.29, 1.82) is 0 Å². The standard InChI is InChI=1S/C21H20N4O/c1-2-18(11-22-7-1)21-23-12-17-5-8-25(14-19(17)24-21)13-15-3-4-20-16(10-15)6-9-26-20/h1-4,7,10-12H,5-6,8-9,13-14H2. The van der Waals surface area contributed by atoms with E-state index in [-0.39, 0.29) is 0 Å². The van der Waals surface area contributed by atoms with Crippen molar-refractivity contribution >= 4 is 0 Å². The Bertz CT molecular complexity index is 942. The van der Waals surface area contributed by atoms with Crippen LogP contribution in [0.2, 0.25) is 0 Å². The number of hydrogen-bond donors (Lipinski definition) is 0. The van der Waals surface area contributed by atoms with Gasteiger partial charge in [0, 0.05) is 50.2 Å².